The number of ether oxygens (including phenoxy) is 2. The van der Waals surface area contributed by atoms with Crippen LogP contribution in [0.5, 0.6) is 5.75 Å². The molecule has 0 atom stereocenters. The van der Waals surface area contributed by atoms with Gasteiger partial charge in [0.15, 0.2) is 12.4 Å². The number of benzene rings is 1. The Morgan fingerprint density at radius 3 is 2.62 bits per heavy atom. The first-order valence-electron chi connectivity index (χ1n) is 8.53. The van der Waals surface area contributed by atoms with E-state index in [-0.39, 0.29) is 11.4 Å². The molecular formula is C19H18N4O5S. The van der Waals surface area contributed by atoms with E-state index in [1.807, 2.05) is 47.8 Å². The van der Waals surface area contributed by atoms with Gasteiger partial charge in [0.05, 0.1) is 25.5 Å². The molecule has 2 heterocycles. The number of hydrogen-bond acceptors (Lipinski definition) is 7. The topological polar surface area (TPSA) is 112 Å². The number of hydrogen-bond donors (Lipinski definition) is 2. The van der Waals surface area contributed by atoms with Gasteiger partial charge in [-0.05, 0) is 23.6 Å². The zero-order chi connectivity index (χ0) is 20.6. The van der Waals surface area contributed by atoms with Crippen molar-refractivity contribution in [3.8, 4) is 11.4 Å². The van der Waals surface area contributed by atoms with E-state index in [2.05, 4.69) is 15.7 Å². The van der Waals surface area contributed by atoms with Crippen molar-refractivity contribution in [1.82, 2.24) is 20.4 Å². The molecule has 3 amide bonds. The number of carbonyl (C=O) groups excluding carboxylic acids is 3. The van der Waals surface area contributed by atoms with Crippen LogP contribution in [-0.2, 0) is 16.1 Å². The lowest BCUT2D eigenvalue weighted by atomic mass is 10.3. The average molecular weight is 414 g/mol. The van der Waals surface area contributed by atoms with Gasteiger partial charge in [-0.25, -0.2) is 14.3 Å². The Morgan fingerprint density at radius 2 is 1.93 bits per heavy atom. The van der Waals surface area contributed by atoms with Gasteiger partial charge < -0.3 is 14.8 Å². The molecular weight excluding hydrogens is 396 g/mol. The molecule has 0 fully saturated rings. The lowest BCUT2D eigenvalue weighted by Crippen LogP contribution is -2.41. The van der Waals surface area contributed by atoms with Gasteiger partial charge in [-0.1, -0.05) is 24.3 Å². The number of amides is 3. The largest absolute Gasteiger partial charge is 0.493 e. The Balaban J connectivity index is 1.52. The number of imide groups is 1. The van der Waals surface area contributed by atoms with Gasteiger partial charge in [-0.15, -0.1) is 11.3 Å². The third-order valence-corrected chi connectivity index (χ3v) is 4.58. The summed E-state index contributed by atoms with van der Waals surface area (Å²) in [5.74, 6) is -1.40. The minimum atomic E-state index is -0.842. The number of para-hydroxylation sites is 1. The Morgan fingerprint density at radius 1 is 1.14 bits per heavy atom. The molecule has 1 aromatic carbocycles. The van der Waals surface area contributed by atoms with Crippen molar-refractivity contribution in [2.24, 2.45) is 0 Å². The predicted octanol–water partition coefficient (Wildman–Crippen LogP) is 2.13. The first kappa shape index (κ1) is 20.1. The van der Waals surface area contributed by atoms with Gasteiger partial charge in [-0.3, -0.25) is 10.1 Å². The number of esters is 1. The highest BCUT2D eigenvalue weighted by Crippen LogP contribution is 2.20. The molecule has 29 heavy (non-hydrogen) atoms. The summed E-state index contributed by atoms with van der Waals surface area (Å²) < 4.78 is 11.6. The summed E-state index contributed by atoms with van der Waals surface area (Å²) in [6.45, 7) is -0.336. The molecule has 3 rings (SSSR count). The van der Waals surface area contributed by atoms with Crippen LogP contribution in [0.1, 0.15) is 15.4 Å². The molecule has 3 aromatic rings. The summed E-state index contributed by atoms with van der Waals surface area (Å²) in [4.78, 5) is 36.8. The monoisotopic (exact) mass is 414 g/mol. The van der Waals surface area contributed by atoms with Crippen molar-refractivity contribution in [3.05, 3.63) is 64.6 Å². The molecule has 0 saturated heterocycles. The smallest absolute Gasteiger partial charge is 0.363 e. The first-order valence-corrected chi connectivity index (χ1v) is 9.41. The molecule has 2 aromatic heterocycles. The Labute approximate surface area is 170 Å². The lowest BCUT2D eigenvalue weighted by molar-refractivity contribution is -0.123. The summed E-state index contributed by atoms with van der Waals surface area (Å²) in [7, 11) is 1.40. The fourth-order valence-corrected chi connectivity index (χ4v) is 2.99. The Hall–Kier alpha value is -3.66. The highest BCUT2D eigenvalue weighted by molar-refractivity contribution is 7.09. The molecule has 0 bridgehead atoms. The predicted molar refractivity (Wildman–Crippen MR) is 105 cm³/mol. The van der Waals surface area contributed by atoms with Crippen molar-refractivity contribution in [3.63, 3.8) is 0 Å². The molecule has 0 aliphatic carbocycles. The van der Waals surface area contributed by atoms with E-state index >= 15 is 0 Å². The maximum atomic E-state index is 12.3. The second kappa shape index (κ2) is 9.51. The molecule has 0 saturated carbocycles. The van der Waals surface area contributed by atoms with Gasteiger partial charge in [0.25, 0.3) is 5.91 Å². The molecule has 0 spiro atoms. The third kappa shape index (κ3) is 5.42. The first-order chi connectivity index (χ1) is 14.1. The number of thiophene rings is 1. The highest BCUT2D eigenvalue weighted by atomic mass is 32.1. The number of urea groups is 1. The van der Waals surface area contributed by atoms with Gasteiger partial charge in [0.2, 0.25) is 5.69 Å². The normalized spacial score (nSPS) is 10.2. The Kier molecular flexibility index (Phi) is 6.59. The fourth-order valence-electron chi connectivity index (χ4n) is 2.35. The molecule has 9 nitrogen and oxygen atoms in total. The van der Waals surface area contributed by atoms with E-state index in [1.165, 1.54) is 29.3 Å². The van der Waals surface area contributed by atoms with Crippen LogP contribution in [0.4, 0.5) is 4.79 Å². The van der Waals surface area contributed by atoms with E-state index in [4.69, 9.17) is 9.47 Å². The molecule has 2 N–H and O–H groups in total. The average Bonchev–Trinajstić information content (AvgIpc) is 3.41. The van der Waals surface area contributed by atoms with Gasteiger partial charge in [0.1, 0.15) is 0 Å². The third-order valence-electron chi connectivity index (χ3n) is 3.71. The van der Waals surface area contributed by atoms with Crippen molar-refractivity contribution in [2.75, 3.05) is 13.7 Å². The van der Waals surface area contributed by atoms with E-state index in [1.54, 1.807) is 0 Å². The van der Waals surface area contributed by atoms with Crippen LogP contribution in [0.2, 0.25) is 0 Å². The molecule has 0 radical (unpaired) electrons. The summed E-state index contributed by atoms with van der Waals surface area (Å²) in [6.07, 6.45) is 1.53. The van der Waals surface area contributed by atoms with Crippen LogP contribution in [0, 0.1) is 0 Å². The number of methoxy groups -OCH3 is 1. The highest BCUT2D eigenvalue weighted by Gasteiger charge is 2.21. The standard InChI is InChI=1S/C19H18N4O5S/c1-27-15-11-23(13-6-3-2-4-7-13)22-17(15)18(25)28-12-16(24)21-19(26)20-10-14-8-5-9-29-14/h2-9,11H,10,12H2,1H3,(H2,20,21,24,26). The van der Waals surface area contributed by atoms with Crippen LogP contribution < -0.4 is 15.4 Å². The maximum Gasteiger partial charge on any atom is 0.363 e. The fraction of sp³-hybridized carbons (Fsp3) is 0.158. The number of nitrogens with zero attached hydrogens (tertiary/aromatic N) is 2. The quantitative estimate of drug-likeness (QED) is 0.573. The van der Waals surface area contributed by atoms with E-state index < -0.39 is 24.5 Å². The van der Waals surface area contributed by atoms with Gasteiger partial charge in [-0.2, -0.15) is 5.10 Å². The maximum absolute atomic E-state index is 12.3. The van der Waals surface area contributed by atoms with Crippen molar-refractivity contribution in [2.45, 2.75) is 6.54 Å². The lowest BCUT2D eigenvalue weighted by Gasteiger charge is -2.06. The van der Waals surface area contributed by atoms with Gasteiger partial charge >= 0.3 is 12.0 Å². The zero-order valence-electron chi connectivity index (χ0n) is 15.5. The molecule has 0 aliphatic rings. The van der Waals surface area contributed by atoms with Crippen LogP contribution in [-0.4, -0.2) is 41.4 Å². The summed E-state index contributed by atoms with van der Waals surface area (Å²) in [5, 5.41) is 10.7. The Bertz CT molecular complexity index is 985. The number of rotatable bonds is 7. The SMILES string of the molecule is COc1cn(-c2ccccc2)nc1C(=O)OCC(=O)NC(=O)NCc1cccs1. The van der Waals surface area contributed by atoms with E-state index in [0.717, 1.165) is 10.6 Å². The van der Waals surface area contributed by atoms with E-state index in [9.17, 15) is 14.4 Å². The second-order valence-corrected chi connectivity index (χ2v) is 6.74. The van der Waals surface area contributed by atoms with Crippen molar-refractivity contribution >= 4 is 29.2 Å². The number of aromatic nitrogens is 2. The molecule has 0 aliphatic heterocycles. The second-order valence-electron chi connectivity index (χ2n) is 5.71. The summed E-state index contributed by atoms with van der Waals surface area (Å²) >= 11 is 1.48. The number of carbonyl (C=O) groups is 3. The van der Waals surface area contributed by atoms with Crippen LogP contribution in [0.3, 0.4) is 0 Å². The van der Waals surface area contributed by atoms with Crippen LogP contribution in [0.15, 0.2) is 54.0 Å². The summed E-state index contributed by atoms with van der Waals surface area (Å²) in [5.41, 5.74) is 0.649. The minimum Gasteiger partial charge on any atom is -0.493 e. The van der Waals surface area contributed by atoms with Crippen molar-refractivity contribution in [1.29, 1.82) is 0 Å². The molecule has 150 valence electrons. The zero-order valence-corrected chi connectivity index (χ0v) is 16.3. The summed E-state index contributed by atoms with van der Waals surface area (Å²) in [6, 6.07) is 12.2. The molecule has 10 heteroatoms. The van der Waals surface area contributed by atoms with Crippen molar-refractivity contribution < 1.29 is 23.9 Å². The van der Waals surface area contributed by atoms with Gasteiger partial charge in [0, 0.05) is 4.88 Å². The molecule has 0 unspecified atom stereocenters. The minimum absolute atomic E-state index is 0.0775. The van der Waals surface area contributed by atoms with E-state index in [0.29, 0.717) is 6.54 Å². The van der Waals surface area contributed by atoms with Crippen LogP contribution in [0.25, 0.3) is 5.69 Å². The number of nitrogens with one attached hydrogen (secondary N) is 2. The van der Waals surface area contributed by atoms with Crippen LogP contribution >= 0.6 is 11.3 Å².